The lowest BCUT2D eigenvalue weighted by molar-refractivity contribution is -0.133. The van der Waals surface area contributed by atoms with Gasteiger partial charge in [0.05, 0.1) is 18.2 Å². The Labute approximate surface area is 169 Å². The number of rotatable bonds is 6. The highest BCUT2D eigenvalue weighted by Gasteiger charge is 2.53. The van der Waals surface area contributed by atoms with Gasteiger partial charge < -0.3 is 14.8 Å². The zero-order valence-electron chi connectivity index (χ0n) is 16.4. The second-order valence-electron chi connectivity index (χ2n) is 7.55. The van der Waals surface area contributed by atoms with Gasteiger partial charge in [0.15, 0.2) is 0 Å². The Hall–Kier alpha value is -3.18. The smallest absolute Gasteiger partial charge is 0.339 e. The molecule has 1 aliphatic rings. The first-order valence-corrected chi connectivity index (χ1v) is 9.66. The number of carbonyl (C=O) groups is 2. The molecule has 148 valence electrons. The first-order chi connectivity index (χ1) is 14.0. The van der Waals surface area contributed by atoms with Crippen molar-refractivity contribution in [3.8, 4) is 0 Å². The molecule has 1 amide bonds. The quantitative estimate of drug-likeness (QED) is 0.511. The molecule has 1 heterocycles. The van der Waals surface area contributed by atoms with Gasteiger partial charge in [-0.15, -0.1) is 0 Å². The molecule has 5 nitrogen and oxygen atoms in total. The van der Waals surface area contributed by atoms with Gasteiger partial charge in [-0.05, 0) is 36.2 Å². The molecule has 1 N–H and O–H groups in total. The number of epoxide rings is 1. The van der Waals surface area contributed by atoms with Gasteiger partial charge in [-0.1, -0.05) is 66.7 Å². The molecule has 0 radical (unpaired) electrons. The van der Waals surface area contributed by atoms with E-state index in [4.69, 9.17) is 9.47 Å². The Morgan fingerprint density at radius 3 is 2.38 bits per heavy atom. The fraction of sp³-hybridized carbons (Fsp3) is 0.250. The number of carbonyl (C=O) groups excluding carboxylic acids is 2. The fourth-order valence-corrected chi connectivity index (χ4v) is 3.41. The molecular weight excluding hydrogens is 366 g/mol. The van der Waals surface area contributed by atoms with Gasteiger partial charge in [-0.25, -0.2) is 4.79 Å². The standard InChI is InChI=1S/C24H23NO4/c1-16(17-9-4-3-5-10-17)25-22(26)21(24(2)15-28-24)29-23(27)20-14-8-12-18-11-6-7-13-19(18)20/h3-14,16,21H,15H2,1-2H3,(H,25,26)/t16-,21+,24+/m0/s1. The van der Waals surface area contributed by atoms with Crippen LogP contribution >= 0.6 is 0 Å². The number of ether oxygens (including phenoxy) is 2. The molecule has 3 aromatic rings. The summed E-state index contributed by atoms with van der Waals surface area (Å²) < 4.78 is 11.1. The molecule has 1 fully saturated rings. The van der Waals surface area contributed by atoms with Crippen LogP contribution in [0.3, 0.4) is 0 Å². The Kier molecular flexibility index (Phi) is 5.07. The minimum absolute atomic E-state index is 0.218. The molecule has 1 saturated heterocycles. The Balaban J connectivity index is 1.55. The minimum atomic E-state index is -1.03. The maximum atomic E-state index is 13.0. The molecule has 5 heteroatoms. The van der Waals surface area contributed by atoms with E-state index >= 15 is 0 Å². The summed E-state index contributed by atoms with van der Waals surface area (Å²) in [5, 5.41) is 4.67. The van der Waals surface area contributed by atoms with Gasteiger partial charge in [0.2, 0.25) is 6.10 Å². The first kappa shape index (κ1) is 19.2. The van der Waals surface area contributed by atoms with E-state index in [0.717, 1.165) is 16.3 Å². The van der Waals surface area contributed by atoms with Crippen LogP contribution < -0.4 is 5.32 Å². The van der Waals surface area contributed by atoms with Crippen molar-refractivity contribution in [3.63, 3.8) is 0 Å². The second-order valence-corrected chi connectivity index (χ2v) is 7.55. The fourth-order valence-electron chi connectivity index (χ4n) is 3.41. The Bertz CT molecular complexity index is 1040. The predicted octanol–water partition coefficient (Wildman–Crippen LogP) is 4.03. The third kappa shape index (κ3) is 4.00. The molecular formula is C24H23NO4. The summed E-state index contributed by atoms with van der Waals surface area (Å²) in [5.74, 6) is -0.902. The van der Waals surface area contributed by atoms with Crippen LogP contribution in [-0.2, 0) is 14.3 Å². The summed E-state index contributed by atoms with van der Waals surface area (Å²) in [4.78, 5) is 25.9. The van der Waals surface area contributed by atoms with E-state index in [1.807, 2.05) is 67.6 Å². The number of fused-ring (bicyclic) bond motifs is 1. The van der Waals surface area contributed by atoms with Crippen LogP contribution in [0.25, 0.3) is 10.8 Å². The number of hydrogen-bond acceptors (Lipinski definition) is 4. The van der Waals surface area contributed by atoms with Crippen molar-refractivity contribution in [2.45, 2.75) is 31.6 Å². The Morgan fingerprint density at radius 1 is 1.00 bits per heavy atom. The van der Waals surface area contributed by atoms with E-state index in [-0.39, 0.29) is 11.9 Å². The topological polar surface area (TPSA) is 67.9 Å². The molecule has 0 spiro atoms. The summed E-state index contributed by atoms with van der Waals surface area (Å²) in [5.41, 5.74) is 0.601. The monoisotopic (exact) mass is 389 g/mol. The van der Waals surface area contributed by atoms with E-state index in [9.17, 15) is 9.59 Å². The van der Waals surface area contributed by atoms with Crippen molar-refractivity contribution in [2.24, 2.45) is 0 Å². The third-order valence-corrected chi connectivity index (χ3v) is 5.29. The van der Waals surface area contributed by atoms with E-state index in [0.29, 0.717) is 12.2 Å². The molecule has 1 aliphatic heterocycles. The van der Waals surface area contributed by atoms with Crippen LogP contribution in [0.15, 0.2) is 72.8 Å². The van der Waals surface area contributed by atoms with E-state index < -0.39 is 17.7 Å². The van der Waals surface area contributed by atoms with Gasteiger partial charge in [0.25, 0.3) is 5.91 Å². The van der Waals surface area contributed by atoms with Gasteiger partial charge >= 0.3 is 5.97 Å². The number of benzene rings is 3. The number of esters is 1. The number of amides is 1. The molecule has 0 aromatic heterocycles. The van der Waals surface area contributed by atoms with E-state index in [1.54, 1.807) is 19.1 Å². The SMILES string of the molecule is C[C@H](NC(=O)[C@@H](OC(=O)c1cccc2ccccc12)[C@@]1(C)CO1)c1ccccc1. The lowest BCUT2D eigenvalue weighted by Gasteiger charge is -2.23. The summed E-state index contributed by atoms with van der Waals surface area (Å²) in [7, 11) is 0. The average molecular weight is 389 g/mol. The molecule has 0 unspecified atom stereocenters. The van der Waals surface area contributed by atoms with E-state index in [1.165, 1.54) is 0 Å². The largest absolute Gasteiger partial charge is 0.445 e. The highest BCUT2D eigenvalue weighted by Crippen LogP contribution is 2.33. The molecule has 3 aromatic carbocycles. The average Bonchev–Trinajstić information content (AvgIpc) is 3.50. The minimum Gasteiger partial charge on any atom is -0.445 e. The maximum Gasteiger partial charge on any atom is 0.339 e. The normalized spacial score (nSPS) is 19.9. The predicted molar refractivity (Wildman–Crippen MR) is 111 cm³/mol. The second kappa shape index (κ2) is 7.68. The summed E-state index contributed by atoms with van der Waals surface area (Å²) in [6, 6.07) is 22.5. The van der Waals surface area contributed by atoms with Crippen LogP contribution in [0.5, 0.6) is 0 Å². The summed E-state index contributed by atoms with van der Waals surface area (Å²) in [6.07, 6.45) is -1.03. The van der Waals surface area contributed by atoms with Gasteiger partial charge in [-0.3, -0.25) is 4.79 Å². The van der Waals surface area contributed by atoms with Gasteiger partial charge in [0.1, 0.15) is 5.60 Å². The van der Waals surface area contributed by atoms with Crippen molar-refractivity contribution in [2.75, 3.05) is 6.61 Å². The maximum absolute atomic E-state index is 13.0. The summed E-state index contributed by atoms with van der Waals surface area (Å²) >= 11 is 0. The van der Waals surface area contributed by atoms with Gasteiger partial charge in [-0.2, -0.15) is 0 Å². The highest BCUT2D eigenvalue weighted by molar-refractivity contribution is 6.05. The van der Waals surface area contributed by atoms with Gasteiger partial charge in [0, 0.05) is 0 Å². The molecule has 3 atom stereocenters. The molecule has 0 saturated carbocycles. The zero-order chi connectivity index (χ0) is 20.4. The first-order valence-electron chi connectivity index (χ1n) is 9.66. The molecule has 0 bridgehead atoms. The van der Waals surface area contributed by atoms with Crippen molar-refractivity contribution < 1.29 is 19.1 Å². The van der Waals surface area contributed by atoms with E-state index in [2.05, 4.69) is 5.32 Å². The molecule has 4 rings (SSSR count). The van der Waals surface area contributed by atoms with Crippen LogP contribution in [-0.4, -0.2) is 30.2 Å². The third-order valence-electron chi connectivity index (χ3n) is 5.29. The highest BCUT2D eigenvalue weighted by atomic mass is 16.6. The molecule has 29 heavy (non-hydrogen) atoms. The van der Waals surface area contributed by atoms with Crippen molar-refractivity contribution in [1.29, 1.82) is 0 Å². The number of nitrogens with one attached hydrogen (secondary N) is 1. The van der Waals surface area contributed by atoms with Crippen LogP contribution in [0, 0.1) is 0 Å². The van der Waals surface area contributed by atoms with Crippen LogP contribution in [0.2, 0.25) is 0 Å². The Morgan fingerprint density at radius 2 is 1.66 bits per heavy atom. The molecule has 0 aliphatic carbocycles. The van der Waals surface area contributed by atoms with Crippen LogP contribution in [0.1, 0.15) is 35.8 Å². The zero-order valence-corrected chi connectivity index (χ0v) is 16.4. The number of hydrogen-bond donors (Lipinski definition) is 1. The van der Waals surface area contributed by atoms with Crippen LogP contribution in [0.4, 0.5) is 0 Å². The summed E-state index contributed by atoms with van der Waals surface area (Å²) in [6.45, 7) is 4.04. The lowest BCUT2D eigenvalue weighted by Crippen LogP contribution is -2.46. The van der Waals surface area contributed by atoms with Crippen molar-refractivity contribution in [3.05, 3.63) is 83.9 Å². The van der Waals surface area contributed by atoms with Crippen molar-refractivity contribution in [1.82, 2.24) is 5.32 Å². The lowest BCUT2D eigenvalue weighted by atomic mass is 10.0. The van der Waals surface area contributed by atoms with Crippen molar-refractivity contribution >= 4 is 22.6 Å².